The largest absolute Gasteiger partial charge is 0.310 e. The topological polar surface area (TPSA) is 45.8 Å². The van der Waals surface area contributed by atoms with Crippen LogP contribution in [0.15, 0.2) is 65.5 Å². The van der Waals surface area contributed by atoms with Crippen molar-refractivity contribution in [2.45, 2.75) is 26.7 Å². The third kappa shape index (κ3) is 3.56. The molecule has 154 valence electrons. The van der Waals surface area contributed by atoms with Gasteiger partial charge in [0.1, 0.15) is 10.7 Å². The van der Waals surface area contributed by atoms with Crippen molar-refractivity contribution in [1.82, 2.24) is 9.97 Å². The van der Waals surface area contributed by atoms with Gasteiger partial charge in [-0.15, -0.1) is 11.3 Å². The van der Waals surface area contributed by atoms with E-state index in [2.05, 4.69) is 42.2 Å². The molecule has 5 aromatic rings. The van der Waals surface area contributed by atoms with Crippen LogP contribution in [0.4, 0.5) is 0 Å². The molecule has 0 aliphatic rings. The Morgan fingerprint density at radius 2 is 1.87 bits per heavy atom. The number of nitrogens with zero attached hydrogens (tertiary/aromatic N) is 1. The Bertz CT molecular complexity index is 1490. The highest BCUT2D eigenvalue weighted by molar-refractivity contribution is 7.19. The van der Waals surface area contributed by atoms with Crippen LogP contribution in [0.2, 0.25) is 5.02 Å². The minimum Gasteiger partial charge on any atom is -0.310 e. The molecule has 0 aliphatic heterocycles. The van der Waals surface area contributed by atoms with Crippen LogP contribution in [0.5, 0.6) is 0 Å². The number of thiophene rings is 1. The molecule has 0 aliphatic carbocycles. The summed E-state index contributed by atoms with van der Waals surface area (Å²) < 4.78 is 0. The first-order valence-electron chi connectivity index (χ1n) is 10.3. The lowest BCUT2D eigenvalue weighted by atomic mass is 10.0. The van der Waals surface area contributed by atoms with Crippen LogP contribution in [0.25, 0.3) is 32.1 Å². The number of rotatable bonds is 4. The Hall–Kier alpha value is -2.95. The summed E-state index contributed by atoms with van der Waals surface area (Å²) >= 11 is 7.83. The van der Waals surface area contributed by atoms with Crippen LogP contribution >= 0.6 is 22.9 Å². The first-order chi connectivity index (χ1) is 15.0. The molecule has 2 aromatic heterocycles. The molecule has 31 heavy (non-hydrogen) atoms. The number of hydrogen-bond donors (Lipinski definition) is 1. The number of fused-ring (bicyclic) bond motifs is 2. The fourth-order valence-corrected chi connectivity index (χ4v) is 5.43. The first kappa shape index (κ1) is 20.0. The molecule has 5 rings (SSSR count). The maximum absolute atomic E-state index is 13.2. The summed E-state index contributed by atoms with van der Waals surface area (Å²) in [7, 11) is 0. The number of hydrogen-bond acceptors (Lipinski definition) is 3. The molecule has 1 N–H and O–H groups in total. The van der Waals surface area contributed by atoms with Gasteiger partial charge in [0.2, 0.25) is 0 Å². The number of halogens is 1. The second-order valence-electron chi connectivity index (χ2n) is 7.73. The van der Waals surface area contributed by atoms with Gasteiger partial charge in [0.25, 0.3) is 5.56 Å². The summed E-state index contributed by atoms with van der Waals surface area (Å²) in [4.78, 5) is 23.1. The molecule has 0 spiro atoms. The molecule has 5 heteroatoms. The third-order valence-electron chi connectivity index (χ3n) is 5.69. The van der Waals surface area contributed by atoms with Crippen molar-refractivity contribution in [3.63, 3.8) is 0 Å². The van der Waals surface area contributed by atoms with E-state index in [1.807, 2.05) is 37.3 Å². The average Bonchev–Trinajstić information content (AvgIpc) is 3.15. The van der Waals surface area contributed by atoms with Gasteiger partial charge in [0, 0.05) is 21.9 Å². The molecule has 0 bridgehead atoms. The number of nitrogens with one attached hydrogen (secondary N) is 1. The monoisotopic (exact) mass is 444 g/mol. The maximum atomic E-state index is 13.2. The van der Waals surface area contributed by atoms with Gasteiger partial charge in [0.15, 0.2) is 0 Å². The lowest BCUT2D eigenvalue weighted by Gasteiger charge is -2.07. The van der Waals surface area contributed by atoms with Crippen LogP contribution in [0, 0.1) is 6.92 Å². The molecule has 0 atom stereocenters. The Morgan fingerprint density at radius 1 is 1.06 bits per heavy atom. The number of aryl methyl sites for hydroxylation is 2. The average molecular weight is 445 g/mol. The molecule has 2 heterocycles. The van der Waals surface area contributed by atoms with Crippen molar-refractivity contribution in [2.75, 3.05) is 0 Å². The SMILES string of the molecule is CCc1sc2nc(Cc3cccc4ccccc34)[nH]c(=O)c2c1-c1ccc(Cl)c(C)c1. The zero-order valence-electron chi connectivity index (χ0n) is 17.3. The fourth-order valence-electron chi connectivity index (χ4n) is 4.16. The first-order valence-corrected chi connectivity index (χ1v) is 11.5. The van der Waals surface area contributed by atoms with E-state index >= 15 is 0 Å². The van der Waals surface area contributed by atoms with Crippen molar-refractivity contribution >= 4 is 43.9 Å². The molecule has 0 saturated carbocycles. The van der Waals surface area contributed by atoms with E-state index in [4.69, 9.17) is 16.6 Å². The molecule has 3 aromatic carbocycles. The molecular formula is C26H21ClN2OS. The van der Waals surface area contributed by atoms with Gasteiger partial charge >= 0.3 is 0 Å². The molecule has 0 amide bonds. The fraction of sp³-hybridized carbons (Fsp3) is 0.154. The van der Waals surface area contributed by atoms with Gasteiger partial charge in [-0.3, -0.25) is 4.79 Å². The summed E-state index contributed by atoms with van der Waals surface area (Å²) in [6, 6.07) is 20.5. The van der Waals surface area contributed by atoms with Crippen molar-refractivity contribution < 1.29 is 0 Å². The zero-order chi connectivity index (χ0) is 21.5. The van der Waals surface area contributed by atoms with Crippen LogP contribution in [-0.2, 0) is 12.8 Å². The number of aromatic amines is 1. The van der Waals surface area contributed by atoms with E-state index in [1.54, 1.807) is 11.3 Å². The maximum Gasteiger partial charge on any atom is 0.260 e. The zero-order valence-corrected chi connectivity index (χ0v) is 18.9. The van der Waals surface area contributed by atoms with E-state index in [9.17, 15) is 4.79 Å². The molecule has 3 nitrogen and oxygen atoms in total. The van der Waals surface area contributed by atoms with Crippen LogP contribution in [0.1, 0.15) is 28.8 Å². The quantitative estimate of drug-likeness (QED) is 0.327. The molecule has 0 radical (unpaired) electrons. The van der Waals surface area contributed by atoms with Crippen molar-refractivity contribution in [3.8, 4) is 11.1 Å². The number of aromatic nitrogens is 2. The van der Waals surface area contributed by atoms with Gasteiger partial charge in [-0.1, -0.05) is 67.1 Å². The normalized spacial score (nSPS) is 11.5. The predicted molar refractivity (Wildman–Crippen MR) is 132 cm³/mol. The summed E-state index contributed by atoms with van der Waals surface area (Å²) in [6.45, 7) is 4.10. The predicted octanol–water partition coefficient (Wildman–Crippen LogP) is 6.92. The van der Waals surface area contributed by atoms with Gasteiger partial charge < -0.3 is 4.98 Å². The second-order valence-corrected chi connectivity index (χ2v) is 9.22. The molecular weight excluding hydrogens is 424 g/mol. The Kier molecular flexibility index (Phi) is 5.12. The van der Waals surface area contributed by atoms with Gasteiger partial charge in [-0.25, -0.2) is 4.98 Å². The molecule has 0 unspecified atom stereocenters. The highest BCUT2D eigenvalue weighted by Crippen LogP contribution is 2.37. The highest BCUT2D eigenvalue weighted by Gasteiger charge is 2.19. The minimum atomic E-state index is -0.0845. The summed E-state index contributed by atoms with van der Waals surface area (Å²) in [5.41, 5.74) is 4.06. The minimum absolute atomic E-state index is 0.0845. The van der Waals surface area contributed by atoms with Gasteiger partial charge in [-0.05, 0) is 52.9 Å². The van der Waals surface area contributed by atoms with Crippen LogP contribution < -0.4 is 5.56 Å². The van der Waals surface area contributed by atoms with E-state index in [0.29, 0.717) is 17.6 Å². The van der Waals surface area contributed by atoms with E-state index in [0.717, 1.165) is 43.4 Å². The van der Waals surface area contributed by atoms with E-state index in [1.165, 1.54) is 10.8 Å². The number of benzene rings is 3. The van der Waals surface area contributed by atoms with Crippen molar-refractivity contribution in [1.29, 1.82) is 0 Å². The molecule has 0 fully saturated rings. The Labute approximate surface area is 189 Å². The van der Waals surface area contributed by atoms with Crippen molar-refractivity contribution in [2.24, 2.45) is 0 Å². The number of H-pyrrole nitrogens is 1. The summed E-state index contributed by atoms with van der Waals surface area (Å²) in [6.07, 6.45) is 1.43. The lowest BCUT2D eigenvalue weighted by Crippen LogP contribution is -2.12. The lowest BCUT2D eigenvalue weighted by molar-refractivity contribution is 0.983. The third-order valence-corrected chi connectivity index (χ3v) is 7.34. The highest BCUT2D eigenvalue weighted by atomic mass is 35.5. The second kappa shape index (κ2) is 7.95. The molecule has 0 saturated heterocycles. The Balaban J connectivity index is 1.65. The Morgan fingerprint density at radius 3 is 2.68 bits per heavy atom. The summed E-state index contributed by atoms with van der Waals surface area (Å²) in [5.74, 6) is 0.691. The standard InChI is InChI=1S/C26H21ClN2OS/c1-3-21-23(18-11-12-20(27)15(2)13-18)24-25(30)28-22(29-26(24)31-21)14-17-9-6-8-16-7-4-5-10-19(16)17/h4-13H,3,14H2,1-2H3,(H,28,29,30). The van der Waals surface area contributed by atoms with Crippen molar-refractivity contribution in [3.05, 3.63) is 97.9 Å². The van der Waals surface area contributed by atoms with E-state index in [-0.39, 0.29) is 5.56 Å². The smallest absolute Gasteiger partial charge is 0.260 e. The van der Waals surface area contributed by atoms with Crippen LogP contribution in [0.3, 0.4) is 0 Å². The van der Waals surface area contributed by atoms with Gasteiger partial charge in [0.05, 0.1) is 5.39 Å². The van der Waals surface area contributed by atoms with Crippen LogP contribution in [-0.4, -0.2) is 9.97 Å². The van der Waals surface area contributed by atoms with E-state index < -0.39 is 0 Å². The summed E-state index contributed by atoms with van der Waals surface area (Å²) in [5, 5.41) is 3.77. The van der Waals surface area contributed by atoms with Gasteiger partial charge in [-0.2, -0.15) is 0 Å².